The first kappa shape index (κ1) is 29.9. The molecule has 11 nitrogen and oxygen atoms in total. The van der Waals surface area contributed by atoms with Crippen molar-refractivity contribution >= 4 is 33.8 Å². The predicted octanol–water partition coefficient (Wildman–Crippen LogP) is 5.48. The number of fused-ring (bicyclic) bond motifs is 2. The van der Waals surface area contributed by atoms with Crippen LogP contribution in [-0.4, -0.2) is 76.3 Å². The fourth-order valence-electron chi connectivity index (χ4n) is 6.51. The summed E-state index contributed by atoms with van der Waals surface area (Å²) in [5.41, 5.74) is 5.98. The highest BCUT2D eigenvalue weighted by molar-refractivity contribution is 5.92. The lowest BCUT2D eigenvalue weighted by molar-refractivity contribution is -0.143. The van der Waals surface area contributed by atoms with E-state index in [9.17, 15) is 9.59 Å². The van der Waals surface area contributed by atoms with Gasteiger partial charge in [-0.05, 0) is 71.5 Å². The Bertz CT molecular complexity index is 1890. The number of morpholine rings is 1. The first-order valence-corrected chi connectivity index (χ1v) is 15.9. The second-order valence-electron chi connectivity index (χ2n) is 12.4. The Balaban J connectivity index is 1.12. The van der Waals surface area contributed by atoms with Gasteiger partial charge in [-0.2, -0.15) is 0 Å². The number of carbonyl (C=O) groups excluding carboxylic acids is 2. The second kappa shape index (κ2) is 12.6. The second-order valence-corrected chi connectivity index (χ2v) is 12.4. The molecule has 0 unspecified atom stereocenters. The average molecular weight is 622 g/mol. The Morgan fingerprint density at radius 3 is 2.52 bits per heavy atom. The average Bonchev–Trinajstić information content (AvgIpc) is 3.87. The number of aromatic nitrogens is 4. The van der Waals surface area contributed by atoms with Gasteiger partial charge in [-0.25, -0.2) is 14.8 Å². The Kier molecular flexibility index (Phi) is 8.18. The number of carbonyl (C=O) groups is 2. The highest BCUT2D eigenvalue weighted by atomic mass is 16.5. The van der Waals surface area contributed by atoms with Gasteiger partial charge in [0, 0.05) is 12.1 Å². The molecular formula is C35H39N7O4. The van der Waals surface area contributed by atoms with Crippen LogP contribution in [0.3, 0.4) is 0 Å². The van der Waals surface area contributed by atoms with E-state index in [1.165, 1.54) is 13.5 Å². The van der Waals surface area contributed by atoms with Gasteiger partial charge in [-0.3, -0.25) is 4.79 Å². The number of nitrogens with one attached hydrogen (secondary N) is 4. The quantitative estimate of drug-likeness (QED) is 0.189. The number of hydrogen-bond acceptors (Lipinski definition) is 7. The molecule has 4 heterocycles. The topological polar surface area (TPSA) is 137 Å². The van der Waals surface area contributed by atoms with Gasteiger partial charge in [0.15, 0.2) is 0 Å². The molecule has 3 atom stereocenters. The molecule has 238 valence electrons. The lowest BCUT2D eigenvalue weighted by atomic mass is 9.99. The van der Waals surface area contributed by atoms with Crippen LogP contribution in [0.2, 0.25) is 0 Å². The molecule has 0 saturated carbocycles. The number of hydrogen-bond donors (Lipinski definition) is 4. The van der Waals surface area contributed by atoms with E-state index in [0.717, 1.165) is 63.0 Å². The third kappa shape index (κ3) is 5.83. The number of imidazole rings is 2. The van der Waals surface area contributed by atoms with Crippen molar-refractivity contribution in [2.24, 2.45) is 5.92 Å². The normalized spacial score (nSPS) is 19.2. The van der Waals surface area contributed by atoms with Crippen molar-refractivity contribution in [3.63, 3.8) is 0 Å². The Morgan fingerprint density at radius 2 is 1.76 bits per heavy atom. The fraction of sp³-hybridized carbons (Fsp3) is 0.371. The van der Waals surface area contributed by atoms with E-state index in [4.69, 9.17) is 14.5 Å². The third-order valence-corrected chi connectivity index (χ3v) is 9.09. The lowest BCUT2D eigenvalue weighted by Gasteiger charge is -2.37. The summed E-state index contributed by atoms with van der Waals surface area (Å²) >= 11 is 0. The molecule has 3 aromatic carbocycles. The van der Waals surface area contributed by atoms with Crippen LogP contribution >= 0.6 is 0 Å². The molecule has 0 bridgehead atoms. The molecule has 4 N–H and O–H groups in total. The number of ether oxygens (including phenoxy) is 2. The molecule has 11 heteroatoms. The Labute approximate surface area is 267 Å². The van der Waals surface area contributed by atoms with Crippen LogP contribution in [0, 0.1) is 5.92 Å². The molecular weight excluding hydrogens is 582 g/mol. The monoisotopic (exact) mass is 621 g/mol. The minimum Gasteiger partial charge on any atom is -0.453 e. The summed E-state index contributed by atoms with van der Waals surface area (Å²) in [5, 5.41) is 8.50. The number of methoxy groups -OCH3 is 1. The predicted molar refractivity (Wildman–Crippen MR) is 176 cm³/mol. The van der Waals surface area contributed by atoms with Gasteiger partial charge in [0.2, 0.25) is 5.91 Å². The fourth-order valence-corrected chi connectivity index (χ4v) is 6.51. The summed E-state index contributed by atoms with van der Waals surface area (Å²) in [4.78, 5) is 43.8. The van der Waals surface area contributed by atoms with Crippen LogP contribution in [0.25, 0.3) is 44.2 Å². The molecule has 2 aliphatic heterocycles. The van der Waals surface area contributed by atoms with Crippen molar-refractivity contribution in [3.8, 4) is 22.4 Å². The summed E-state index contributed by atoms with van der Waals surface area (Å²) in [6.07, 6.45) is 3.58. The van der Waals surface area contributed by atoms with E-state index in [1.54, 1.807) is 4.90 Å². The minimum atomic E-state index is -0.723. The van der Waals surface area contributed by atoms with E-state index in [2.05, 4.69) is 74.1 Å². The first-order chi connectivity index (χ1) is 22.4. The van der Waals surface area contributed by atoms with Crippen LogP contribution in [-0.2, 0) is 14.3 Å². The standard InChI is InChI=1S/C35H39N7O4/c1-20(2)31(41-35(44)45-3)34(43)42-13-14-46-19-30(42)33-38-26-11-10-24(17-28(26)39-33)22-6-7-23-16-25(9-8-21(23)15-22)29-18-37-32(40-29)27-5-4-12-36-27/h6-11,15-18,20,27,30-31,36H,4-5,12-14,19H2,1-3H3,(H,37,40)(H,38,39)(H,41,44)/t27-,30-,31-/m0/s1. The highest BCUT2D eigenvalue weighted by Crippen LogP contribution is 2.32. The Morgan fingerprint density at radius 1 is 1.00 bits per heavy atom. The van der Waals surface area contributed by atoms with Crippen molar-refractivity contribution in [2.75, 3.05) is 33.4 Å². The molecule has 5 aromatic rings. The summed E-state index contributed by atoms with van der Waals surface area (Å²) in [7, 11) is 1.29. The van der Waals surface area contributed by atoms with Crippen molar-refractivity contribution in [2.45, 2.75) is 44.8 Å². The largest absolute Gasteiger partial charge is 0.453 e. The molecule has 46 heavy (non-hydrogen) atoms. The molecule has 0 radical (unpaired) electrons. The van der Waals surface area contributed by atoms with Crippen LogP contribution in [0.5, 0.6) is 0 Å². The van der Waals surface area contributed by atoms with Crippen LogP contribution in [0.15, 0.2) is 60.8 Å². The van der Waals surface area contributed by atoms with E-state index >= 15 is 0 Å². The van der Waals surface area contributed by atoms with Gasteiger partial charge in [0.1, 0.15) is 23.7 Å². The molecule has 0 aliphatic carbocycles. The van der Waals surface area contributed by atoms with Gasteiger partial charge in [0.25, 0.3) is 0 Å². The summed E-state index contributed by atoms with van der Waals surface area (Å²) in [6.45, 7) is 5.96. The van der Waals surface area contributed by atoms with Gasteiger partial charge in [-0.1, -0.05) is 44.2 Å². The van der Waals surface area contributed by atoms with Gasteiger partial charge >= 0.3 is 6.09 Å². The molecule has 7 rings (SSSR count). The van der Waals surface area contributed by atoms with Gasteiger partial charge in [-0.15, -0.1) is 0 Å². The van der Waals surface area contributed by atoms with Crippen molar-refractivity contribution in [1.29, 1.82) is 0 Å². The van der Waals surface area contributed by atoms with Crippen molar-refractivity contribution < 1.29 is 19.1 Å². The third-order valence-electron chi connectivity index (χ3n) is 9.09. The van der Waals surface area contributed by atoms with Crippen molar-refractivity contribution in [3.05, 3.63) is 72.4 Å². The Hall–Kier alpha value is -4.74. The number of amides is 2. The lowest BCUT2D eigenvalue weighted by Crippen LogP contribution is -2.54. The zero-order valence-electron chi connectivity index (χ0n) is 26.3. The molecule has 2 saturated heterocycles. The molecule has 2 amide bonds. The van der Waals surface area contributed by atoms with Gasteiger partial charge < -0.3 is 35.0 Å². The van der Waals surface area contributed by atoms with Crippen molar-refractivity contribution in [1.82, 2.24) is 35.5 Å². The first-order valence-electron chi connectivity index (χ1n) is 15.9. The molecule has 2 aromatic heterocycles. The maximum atomic E-state index is 13.6. The molecule has 2 fully saturated rings. The van der Waals surface area contributed by atoms with Crippen LogP contribution < -0.4 is 10.6 Å². The number of alkyl carbamates (subject to hydrolysis) is 1. The summed E-state index contributed by atoms with van der Waals surface area (Å²) in [6, 6.07) is 18.3. The zero-order valence-corrected chi connectivity index (χ0v) is 26.3. The number of H-pyrrole nitrogens is 2. The van der Waals surface area contributed by atoms with E-state index in [1.807, 2.05) is 26.1 Å². The maximum Gasteiger partial charge on any atom is 0.407 e. The highest BCUT2D eigenvalue weighted by Gasteiger charge is 2.36. The minimum absolute atomic E-state index is 0.126. The SMILES string of the molecule is COC(=O)N[C@H](C(=O)N1CCOC[C@H]1c1nc2ccc(-c3ccc4cc(-c5cnc([C@@H]6CCCN6)[nH]5)ccc4c3)cc2[nH]1)C(C)C. The number of aromatic amines is 2. The summed E-state index contributed by atoms with van der Waals surface area (Å²) < 4.78 is 10.5. The molecule has 0 spiro atoms. The van der Waals surface area contributed by atoms with Gasteiger partial charge in [0.05, 0.1) is 49.3 Å². The van der Waals surface area contributed by atoms with Crippen LogP contribution in [0.4, 0.5) is 4.79 Å². The summed E-state index contributed by atoms with van der Waals surface area (Å²) in [5.74, 6) is 1.34. The van der Waals surface area contributed by atoms with E-state index < -0.39 is 18.2 Å². The number of nitrogens with zero attached hydrogens (tertiary/aromatic N) is 3. The number of rotatable bonds is 7. The smallest absolute Gasteiger partial charge is 0.407 e. The maximum absolute atomic E-state index is 13.6. The molecule has 2 aliphatic rings. The van der Waals surface area contributed by atoms with E-state index in [0.29, 0.717) is 31.6 Å². The number of benzene rings is 3. The zero-order chi connectivity index (χ0) is 31.8. The van der Waals surface area contributed by atoms with Crippen LogP contribution in [0.1, 0.15) is 50.4 Å². The van der Waals surface area contributed by atoms with E-state index in [-0.39, 0.29) is 11.8 Å².